The van der Waals surface area contributed by atoms with Gasteiger partial charge in [0, 0.05) is 18.9 Å². The van der Waals surface area contributed by atoms with E-state index >= 15 is 0 Å². The fraction of sp³-hybridized carbons (Fsp3) is 0.917. The maximum Gasteiger partial charge on any atom is 0.309 e. The van der Waals surface area contributed by atoms with Crippen molar-refractivity contribution in [3.05, 3.63) is 11.4 Å². The van der Waals surface area contributed by atoms with Crippen LogP contribution in [-0.2, 0) is 4.84 Å². The SMILES string of the molecule is [C-]#[N+]C1(N2OC3CCC2C3)CCCCC1. The van der Waals surface area contributed by atoms with Crippen LogP contribution in [0.15, 0.2) is 0 Å². The molecule has 0 amide bonds. The summed E-state index contributed by atoms with van der Waals surface area (Å²) < 4.78 is 0. The summed E-state index contributed by atoms with van der Waals surface area (Å²) in [4.78, 5) is 9.84. The molecule has 2 aliphatic carbocycles. The van der Waals surface area contributed by atoms with E-state index in [0.29, 0.717) is 12.1 Å². The van der Waals surface area contributed by atoms with E-state index in [0.717, 1.165) is 19.3 Å². The van der Waals surface area contributed by atoms with E-state index in [1.165, 1.54) is 32.1 Å². The fourth-order valence-electron chi connectivity index (χ4n) is 3.41. The Hall–Kier alpha value is -0.590. The lowest BCUT2D eigenvalue weighted by molar-refractivity contribution is -0.238. The van der Waals surface area contributed by atoms with Gasteiger partial charge in [0.05, 0.1) is 6.10 Å². The minimum atomic E-state index is -0.294. The average molecular weight is 206 g/mol. The summed E-state index contributed by atoms with van der Waals surface area (Å²) in [6, 6.07) is 0.544. The first-order valence-electron chi connectivity index (χ1n) is 6.19. The molecule has 3 nitrogen and oxygen atoms in total. The van der Waals surface area contributed by atoms with Crippen LogP contribution in [0.25, 0.3) is 4.85 Å². The summed E-state index contributed by atoms with van der Waals surface area (Å²) in [5, 5.41) is 2.09. The van der Waals surface area contributed by atoms with Gasteiger partial charge in [-0.1, -0.05) is 6.42 Å². The maximum atomic E-state index is 7.49. The zero-order chi connectivity index (χ0) is 10.3. The molecule has 0 spiro atoms. The van der Waals surface area contributed by atoms with Gasteiger partial charge in [0.15, 0.2) is 0 Å². The topological polar surface area (TPSA) is 16.8 Å². The van der Waals surface area contributed by atoms with Gasteiger partial charge < -0.3 is 0 Å². The van der Waals surface area contributed by atoms with Crippen molar-refractivity contribution in [2.75, 3.05) is 0 Å². The van der Waals surface area contributed by atoms with E-state index in [2.05, 4.69) is 9.91 Å². The van der Waals surface area contributed by atoms with Crippen molar-refractivity contribution in [2.24, 2.45) is 0 Å². The fourth-order valence-corrected chi connectivity index (χ4v) is 3.41. The van der Waals surface area contributed by atoms with E-state index in [-0.39, 0.29) is 5.66 Å². The Morgan fingerprint density at radius 1 is 1.20 bits per heavy atom. The second-order valence-electron chi connectivity index (χ2n) is 5.18. The molecule has 0 aromatic carbocycles. The minimum Gasteiger partial charge on any atom is -0.290 e. The Morgan fingerprint density at radius 3 is 2.53 bits per heavy atom. The van der Waals surface area contributed by atoms with Crippen molar-refractivity contribution in [1.29, 1.82) is 0 Å². The third kappa shape index (κ3) is 1.39. The first-order chi connectivity index (χ1) is 7.34. The standard InChI is InChI=1S/C12H18N2O/c1-13-12(7-3-2-4-8-12)14-10-5-6-11(9-10)15-14/h10-11H,2-9H2. The number of fused-ring (bicyclic) bond motifs is 2. The third-order valence-electron chi connectivity index (χ3n) is 4.22. The van der Waals surface area contributed by atoms with Crippen LogP contribution in [0.3, 0.4) is 0 Å². The Morgan fingerprint density at radius 2 is 2.00 bits per heavy atom. The molecular formula is C12H18N2O. The van der Waals surface area contributed by atoms with Crippen LogP contribution in [-0.4, -0.2) is 22.9 Å². The summed E-state index contributed by atoms with van der Waals surface area (Å²) in [6.07, 6.45) is 9.74. The summed E-state index contributed by atoms with van der Waals surface area (Å²) in [6.45, 7) is 7.49. The molecule has 2 unspecified atom stereocenters. The lowest BCUT2D eigenvalue weighted by Crippen LogP contribution is -2.50. The summed E-state index contributed by atoms with van der Waals surface area (Å²) in [5.74, 6) is 0. The molecule has 0 aromatic rings. The lowest BCUT2D eigenvalue weighted by Gasteiger charge is -2.37. The van der Waals surface area contributed by atoms with Gasteiger partial charge in [-0.15, -0.1) is 5.06 Å². The van der Waals surface area contributed by atoms with Gasteiger partial charge in [-0.25, -0.2) is 6.57 Å². The molecule has 0 aromatic heterocycles. The number of nitrogens with zero attached hydrogens (tertiary/aromatic N) is 2. The zero-order valence-corrected chi connectivity index (χ0v) is 9.11. The van der Waals surface area contributed by atoms with Crippen LogP contribution in [0.4, 0.5) is 0 Å². The monoisotopic (exact) mass is 206 g/mol. The summed E-state index contributed by atoms with van der Waals surface area (Å²) in [7, 11) is 0. The largest absolute Gasteiger partial charge is 0.309 e. The third-order valence-corrected chi connectivity index (χ3v) is 4.22. The normalized spacial score (nSPS) is 39.1. The predicted molar refractivity (Wildman–Crippen MR) is 56.8 cm³/mol. The highest BCUT2D eigenvalue weighted by Crippen LogP contribution is 2.45. The molecule has 82 valence electrons. The van der Waals surface area contributed by atoms with E-state index in [4.69, 9.17) is 11.4 Å². The molecule has 2 atom stereocenters. The number of rotatable bonds is 1. The van der Waals surface area contributed by atoms with E-state index < -0.39 is 0 Å². The molecule has 3 aliphatic rings. The van der Waals surface area contributed by atoms with Crippen LogP contribution in [0.1, 0.15) is 51.4 Å². The molecule has 3 rings (SSSR count). The maximum absolute atomic E-state index is 7.49. The number of hydrogen-bond donors (Lipinski definition) is 0. The number of hydroxylamine groups is 2. The molecular weight excluding hydrogens is 188 g/mol. The molecule has 0 N–H and O–H groups in total. The molecule has 1 aliphatic heterocycles. The van der Waals surface area contributed by atoms with Gasteiger partial charge >= 0.3 is 5.66 Å². The molecule has 2 bridgehead atoms. The van der Waals surface area contributed by atoms with Crippen molar-refractivity contribution in [3.63, 3.8) is 0 Å². The van der Waals surface area contributed by atoms with Crippen molar-refractivity contribution < 1.29 is 4.84 Å². The quantitative estimate of drug-likeness (QED) is 0.613. The van der Waals surface area contributed by atoms with Crippen LogP contribution < -0.4 is 0 Å². The summed E-state index contributed by atoms with van der Waals surface area (Å²) >= 11 is 0. The second kappa shape index (κ2) is 3.47. The van der Waals surface area contributed by atoms with Gasteiger partial charge in [0.25, 0.3) is 0 Å². The highest BCUT2D eigenvalue weighted by atomic mass is 16.7. The van der Waals surface area contributed by atoms with Gasteiger partial charge in [0.2, 0.25) is 0 Å². The van der Waals surface area contributed by atoms with E-state index in [9.17, 15) is 0 Å². The molecule has 2 saturated carbocycles. The Labute approximate surface area is 91.2 Å². The number of hydrogen-bond acceptors (Lipinski definition) is 2. The van der Waals surface area contributed by atoms with E-state index in [1.807, 2.05) is 0 Å². The molecule has 3 fully saturated rings. The first kappa shape index (κ1) is 9.62. The molecule has 15 heavy (non-hydrogen) atoms. The average Bonchev–Trinajstić information content (AvgIpc) is 2.92. The molecule has 1 saturated heterocycles. The van der Waals surface area contributed by atoms with Crippen molar-refractivity contribution in [1.82, 2.24) is 5.06 Å². The van der Waals surface area contributed by atoms with Crippen LogP contribution in [0.2, 0.25) is 0 Å². The molecule has 1 heterocycles. The highest BCUT2D eigenvalue weighted by molar-refractivity contribution is 5.03. The first-order valence-corrected chi connectivity index (χ1v) is 6.19. The van der Waals surface area contributed by atoms with Gasteiger partial charge in [-0.3, -0.25) is 9.68 Å². The van der Waals surface area contributed by atoms with Crippen LogP contribution in [0.5, 0.6) is 0 Å². The second-order valence-corrected chi connectivity index (χ2v) is 5.18. The van der Waals surface area contributed by atoms with Crippen molar-refractivity contribution >= 4 is 0 Å². The van der Waals surface area contributed by atoms with Crippen molar-refractivity contribution in [2.45, 2.75) is 69.2 Å². The Balaban J connectivity index is 1.81. The van der Waals surface area contributed by atoms with Crippen LogP contribution in [0, 0.1) is 6.57 Å². The summed E-state index contributed by atoms with van der Waals surface area (Å²) in [5.41, 5.74) is -0.294. The van der Waals surface area contributed by atoms with Crippen LogP contribution >= 0.6 is 0 Å². The Bertz CT molecular complexity index is 290. The smallest absolute Gasteiger partial charge is 0.290 e. The molecule has 0 radical (unpaired) electrons. The van der Waals surface area contributed by atoms with E-state index in [1.54, 1.807) is 0 Å². The predicted octanol–water partition coefficient (Wildman–Crippen LogP) is 2.73. The molecule has 3 heteroatoms. The lowest BCUT2D eigenvalue weighted by atomic mass is 9.88. The Kier molecular flexibility index (Phi) is 2.22. The van der Waals surface area contributed by atoms with Gasteiger partial charge in [0.1, 0.15) is 0 Å². The van der Waals surface area contributed by atoms with Crippen molar-refractivity contribution in [3.8, 4) is 0 Å². The minimum absolute atomic E-state index is 0.294. The van der Waals surface area contributed by atoms with Gasteiger partial charge in [-0.05, 0) is 32.1 Å². The van der Waals surface area contributed by atoms with Gasteiger partial charge in [-0.2, -0.15) is 0 Å². The zero-order valence-electron chi connectivity index (χ0n) is 9.11. The highest BCUT2D eigenvalue weighted by Gasteiger charge is 2.55.